The van der Waals surface area contributed by atoms with Crippen molar-refractivity contribution in [2.24, 2.45) is 29.4 Å². The van der Waals surface area contributed by atoms with Gasteiger partial charge in [0.1, 0.15) is 11.4 Å². The molecule has 0 radical (unpaired) electrons. The predicted molar refractivity (Wildman–Crippen MR) is 164 cm³/mol. The number of aliphatic hydroxyl groups is 1. The Bertz CT molecular complexity index is 964. The molecule has 5 atom stereocenters. The van der Waals surface area contributed by atoms with Gasteiger partial charge >= 0.3 is 5.97 Å². The van der Waals surface area contributed by atoms with E-state index >= 15 is 0 Å². The number of aliphatic hydroxyl groups excluding tert-OH is 1. The van der Waals surface area contributed by atoms with Gasteiger partial charge in [-0.15, -0.1) is 0 Å². The number of hydrogen-bond donors (Lipinski definition) is 4. The van der Waals surface area contributed by atoms with Crippen LogP contribution in [0.5, 0.6) is 5.75 Å². The highest BCUT2D eigenvalue weighted by atomic mass is 16.6. The second kappa shape index (κ2) is 18.8. The summed E-state index contributed by atoms with van der Waals surface area (Å²) in [5, 5.41) is 17.0. The Morgan fingerprint density at radius 3 is 2.29 bits per heavy atom. The number of methoxy groups -OCH3 is 1. The Morgan fingerprint density at radius 1 is 1.02 bits per heavy atom. The van der Waals surface area contributed by atoms with Gasteiger partial charge in [-0.3, -0.25) is 14.4 Å². The average molecular weight is 594 g/mol. The number of carbonyl (C=O) groups excluding carboxylic acids is 3. The quantitative estimate of drug-likeness (QED) is 0.107. The largest absolute Gasteiger partial charge is 0.493 e. The SMILES string of the molecule is CCCCNC(=O)C(C)CC(O)C(CC(C(C)C)C(N)NC(=O)c1ccccc1OCCCOC)C(=O)OC(C)(C)C. The average Bonchev–Trinajstić information content (AvgIpc) is 2.90. The van der Waals surface area contributed by atoms with E-state index in [4.69, 9.17) is 19.9 Å². The van der Waals surface area contributed by atoms with E-state index in [2.05, 4.69) is 10.6 Å². The Labute approximate surface area is 252 Å². The van der Waals surface area contributed by atoms with E-state index in [0.717, 1.165) is 12.8 Å². The topological polar surface area (TPSA) is 149 Å². The van der Waals surface area contributed by atoms with Gasteiger partial charge in [0.2, 0.25) is 5.91 Å². The molecule has 2 amide bonds. The van der Waals surface area contributed by atoms with Gasteiger partial charge < -0.3 is 35.7 Å². The standard InChI is InChI=1S/C32H55N3O7/c1-9-10-16-34-29(37)22(4)19-26(36)25(31(39)42-32(5,6)7)20-24(21(2)3)28(33)35-30(38)23-14-11-12-15-27(23)41-18-13-17-40-8/h11-12,14-15,21-22,24-26,28,36H,9-10,13,16-20,33H2,1-8H3,(H,34,37)(H,35,38). The molecule has 10 nitrogen and oxygen atoms in total. The van der Waals surface area contributed by atoms with Gasteiger partial charge in [0.05, 0.1) is 30.4 Å². The third kappa shape index (κ3) is 13.5. The van der Waals surface area contributed by atoms with Gasteiger partial charge in [0.15, 0.2) is 0 Å². The lowest BCUT2D eigenvalue weighted by Gasteiger charge is -2.34. The molecule has 0 heterocycles. The van der Waals surface area contributed by atoms with Crippen molar-refractivity contribution in [1.29, 1.82) is 0 Å². The van der Waals surface area contributed by atoms with Crippen molar-refractivity contribution in [2.45, 2.75) is 98.4 Å². The van der Waals surface area contributed by atoms with Crippen molar-refractivity contribution in [3.05, 3.63) is 29.8 Å². The van der Waals surface area contributed by atoms with Crippen LogP contribution in [0.4, 0.5) is 0 Å². The second-order valence-electron chi connectivity index (χ2n) is 12.3. The van der Waals surface area contributed by atoms with Gasteiger partial charge in [0.25, 0.3) is 5.91 Å². The first kappa shape index (κ1) is 37.3. The van der Waals surface area contributed by atoms with Crippen LogP contribution in [0.1, 0.15) is 90.9 Å². The Balaban J connectivity index is 3.10. The van der Waals surface area contributed by atoms with E-state index < -0.39 is 41.6 Å². The Morgan fingerprint density at radius 2 is 1.69 bits per heavy atom. The van der Waals surface area contributed by atoms with E-state index in [1.54, 1.807) is 59.1 Å². The fraction of sp³-hybridized carbons (Fsp3) is 0.719. The molecule has 10 heteroatoms. The number of hydrogen-bond acceptors (Lipinski definition) is 8. The lowest BCUT2D eigenvalue weighted by Crippen LogP contribution is -2.50. The number of ether oxygens (including phenoxy) is 3. The molecule has 5 N–H and O–H groups in total. The molecule has 0 aliphatic carbocycles. The number of nitrogens with one attached hydrogen (secondary N) is 2. The van der Waals surface area contributed by atoms with Crippen molar-refractivity contribution >= 4 is 17.8 Å². The van der Waals surface area contributed by atoms with Gasteiger partial charge in [-0.25, -0.2) is 0 Å². The van der Waals surface area contributed by atoms with Crippen LogP contribution >= 0.6 is 0 Å². The van der Waals surface area contributed by atoms with E-state index in [1.165, 1.54) is 0 Å². The zero-order valence-corrected chi connectivity index (χ0v) is 26.9. The second-order valence-corrected chi connectivity index (χ2v) is 12.3. The third-order valence-electron chi connectivity index (χ3n) is 7.07. The molecule has 1 aromatic rings. The normalized spacial score (nSPS) is 15.3. The van der Waals surface area contributed by atoms with Crippen LogP contribution in [0.15, 0.2) is 24.3 Å². The molecule has 42 heavy (non-hydrogen) atoms. The van der Waals surface area contributed by atoms with Crippen molar-refractivity contribution in [3.63, 3.8) is 0 Å². The summed E-state index contributed by atoms with van der Waals surface area (Å²) in [6, 6.07) is 6.92. The number of esters is 1. The summed E-state index contributed by atoms with van der Waals surface area (Å²) < 4.78 is 16.5. The first-order valence-corrected chi connectivity index (χ1v) is 15.2. The van der Waals surface area contributed by atoms with E-state index in [1.807, 2.05) is 20.8 Å². The van der Waals surface area contributed by atoms with Gasteiger partial charge in [-0.05, 0) is 64.0 Å². The fourth-order valence-corrected chi connectivity index (χ4v) is 4.61. The number of benzene rings is 1. The van der Waals surface area contributed by atoms with Crippen LogP contribution in [0.3, 0.4) is 0 Å². The minimum Gasteiger partial charge on any atom is -0.493 e. The van der Waals surface area contributed by atoms with Crippen LogP contribution in [-0.4, -0.2) is 67.6 Å². The van der Waals surface area contributed by atoms with Crippen LogP contribution in [0.25, 0.3) is 0 Å². The van der Waals surface area contributed by atoms with E-state index in [-0.39, 0.29) is 30.6 Å². The predicted octanol–water partition coefficient (Wildman–Crippen LogP) is 4.04. The molecule has 0 bridgehead atoms. The van der Waals surface area contributed by atoms with Crippen LogP contribution < -0.4 is 21.1 Å². The van der Waals surface area contributed by atoms with Crippen LogP contribution in [0, 0.1) is 23.7 Å². The van der Waals surface area contributed by atoms with Crippen molar-refractivity contribution < 1.29 is 33.7 Å². The Hall–Kier alpha value is -2.69. The summed E-state index contributed by atoms with van der Waals surface area (Å²) >= 11 is 0. The molecule has 1 aromatic carbocycles. The molecule has 0 saturated carbocycles. The summed E-state index contributed by atoms with van der Waals surface area (Å²) in [6.07, 6.45) is 0.776. The number of para-hydroxylation sites is 1. The minimum absolute atomic E-state index is 0.0484. The van der Waals surface area contributed by atoms with Gasteiger partial charge in [-0.1, -0.05) is 46.2 Å². The van der Waals surface area contributed by atoms with Crippen molar-refractivity contribution in [1.82, 2.24) is 10.6 Å². The number of amides is 2. The van der Waals surface area contributed by atoms with Crippen LogP contribution in [-0.2, 0) is 19.1 Å². The van der Waals surface area contributed by atoms with E-state index in [0.29, 0.717) is 37.5 Å². The smallest absolute Gasteiger partial charge is 0.312 e. The molecule has 0 aromatic heterocycles. The highest BCUT2D eigenvalue weighted by molar-refractivity contribution is 5.97. The molecular formula is C32H55N3O7. The summed E-state index contributed by atoms with van der Waals surface area (Å²) in [7, 11) is 1.62. The Kier molecular flexibility index (Phi) is 16.7. The molecule has 0 aliphatic heterocycles. The lowest BCUT2D eigenvalue weighted by molar-refractivity contribution is -0.166. The number of unbranched alkanes of at least 4 members (excludes halogenated alkanes) is 1. The summed E-state index contributed by atoms with van der Waals surface area (Å²) in [5.74, 6) is -2.58. The molecule has 0 saturated heterocycles. The number of nitrogens with two attached hydrogens (primary N) is 1. The summed E-state index contributed by atoms with van der Waals surface area (Å²) in [6.45, 7) is 14.5. The molecule has 0 spiro atoms. The molecule has 240 valence electrons. The first-order chi connectivity index (χ1) is 19.7. The summed E-state index contributed by atoms with van der Waals surface area (Å²) in [5.41, 5.74) is 6.13. The van der Waals surface area contributed by atoms with Crippen LogP contribution in [0.2, 0.25) is 0 Å². The molecule has 0 fully saturated rings. The molecular weight excluding hydrogens is 538 g/mol. The molecule has 1 rings (SSSR count). The zero-order valence-electron chi connectivity index (χ0n) is 26.9. The maximum absolute atomic E-state index is 13.3. The maximum Gasteiger partial charge on any atom is 0.312 e. The van der Waals surface area contributed by atoms with Gasteiger partial charge in [-0.2, -0.15) is 0 Å². The third-order valence-corrected chi connectivity index (χ3v) is 7.07. The lowest BCUT2D eigenvalue weighted by atomic mass is 9.80. The monoisotopic (exact) mass is 593 g/mol. The fourth-order valence-electron chi connectivity index (χ4n) is 4.61. The highest BCUT2D eigenvalue weighted by Crippen LogP contribution is 2.30. The summed E-state index contributed by atoms with van der Waals surface area (Å²) in [4.78, 5) is 39.2. The minimum atomic E-state index is -1.14. The zero-order chi connectivity index (χ0) is 31.9. The molecule has 5 unspecified atom stereocenters. The highest BCUT2D eigenvalue weighted by Gasteiger charge is 2.37. The number of carbonyl (C=O) groups is 3. The van der Waals surface area contributed by atoms with Crippen molar-refractivity contribution in [3.8, 4) is 5.75 Å². The number of rotatable bonds is 19. The maximum atomic E-state index is 13.3. The van der Waals surface area contributed by atoms with Gasteiger partial charge in [0, 0.05) is 32.6 Å². The van der Waals surface area contributed by atoms with Crippen molar-refractivity contribution in [2.75, 3.05) is 26.9 Å². The first-order valence-electron chi connectivity index (χ1n) is 15.2. The molecule has 0 aliphatic rings. The van der Waals surface area contributed by atoms with E-state index in [9.17, 15) is 19.5 Å².